The van der Waals surface area contributed by atoms with E-state index in [1.54, 1.807) is 0 Å². The molecule has 2 saturated carbocycles. The quantitative estimate of drug-likeness (QED) is 0.570. The summed E-state index contributed by atoms with van der Waals surface area (Å²) in [6, 6.07) is 0. The fraction of sp³-hybridized carbons (Fsp3) is 0.889. The van der Waals surface area contributed by atoms with Crippen molar-refractivity contribution in [2.45, 2.75) is 32.6 Å². The highest BCUT2D eigenvalue weighted by Crippen LogP contribution is 2.57. The Balaban J connectivity index is 1.92. The largest absolute Gasteiger partial charge is 0.299 e. The Labute approximate surface area is 61.8 Å². The molecule has 56 valence electrons. The molecule has 1 nitrogen and oxygen atoms in total. The summed E-state index contributed by atoms with van der Waals surface area (Å²) in [4.78, 5) is 11.1. The maximum Gasteiger partial charge on any atom is 0.136 e. The molecular formula is C9H14O. The fourth-order valence-corrected chi connectivity index (χ4v) is 2.52. The second-order valence-electron chi connectivity index (χ2n) is 3.65. The molecular weight excluding hydrogens is 124 g/mol. The number of carbonyl (C=O) groups is 1. The second-order valence-corrected chi connectivity index (χ2v) is 3.65. The zero-order valence-electron chi connectivity index (χ0n) is 6.47. The number of rotatable bonds is 2. The predicted molar refractivity (Wildman–Crippen MR) is 39.6 cm³/mol. The van der Waals surface area contributed by atoms with E-state index in [2.05, 4.69) is 6.92 Å². The van der Waals surface area contributed by atoms with Gasteiger partial charge in [0.15, 0.2) is 0 Å². The van der Waals surface area contributed by atoms with Gasteiger partial charge in [-0.05, 0) is 24.7 Å². The molecule has 10 heavy (non-hydrogen) atoms. The van der Waals surface area contributed by atoms with Crippen LogP contribution >= 0.6 is 0 Å². The van der Waals surface area contributed by atoms with Gasteiger partial charge >= 0.3 is 0 Å². The van der Waals surface area contributed by atoms with Crippen molar-refractivity contribution in [1.29, 1.82) is 0 Å². The molecule has 0 N–H and O–H groups in total. The number of hydrogen-bond acceptors (Lipinski definition) is 1. The molecule has 3 atom stereocenters. The summed E-state index contributed by atoms with van der Waals surface area (Å²) in [6.07, 6.45) is 4.63. The normalized spacial score (nSPS) is 43.7. The standard InChI is InChI=1S/C9H14O/c1-2-3-6-7-4-5-8(10)9(6)7/h6-7,9H,2-5H2,1H3. The number of hydrogen-bond donors (Lipinski definition) is 0. The van der Waals surface area contributed by atoms with Crippen LogP contribution in [-0.2, 0) is 4.79 Å². The van der Waals surface area contributed by atoms with Gasteiger partial charge in [0.1, 0.15) is 5.78 Å². The van der Waals surface area contributed by atoms with Crippen LogP contribution in [0, 0.1) is 17.8 Å². The van der Waals surface area contributed by atoms with Gasteiger partial charge in [-0.2, -0.15) is 0 Å². The topological polar surface area (TPSA) is 17.1 Å². The van der Waals surface area contributed by atoms with Crippen LogP contribution in [-0.4, -0.2) is 5.78 Å². The summed E-state index contributed by atoms with van der Waals surface area (Å²) in [6.45, 7) is 2.21. The van der Waals surface area contributed by atoms with E-state index >= 15 is 0 Å². The third-order valence-electron chi connectivity index (χ3n) is 3.05. The van der Waals surface area contributed by atoms with Gasteiger partial charge in [-0.25, -0.2) is 0 Å². The molecule has 1 heteroatoms. The van der Waals surface area contributed by atoms with Crippen LogP contribution in [0.5, 0.6) is 0 Å². The van der Waals surface area contributed by atoms with Crippen LogP contribution < -0.4 is 0 Å². The fourth-order valence-electron chi connectivity index (χ4n) is 2.52. The van der Waals surface area contributed by atoms with Crippen molar-refractivity contribution in [1.82, 2.24) is 0 Å². The number of Topliss-reactive ketones (excluding diaryl/α,β-unsaturated/α-hetero) is 1. The van der Waals surface area contributed by atoms with E-state index in [0.29, 0.717) is 11.7 Å². The van der Waals surface area contributed by atoms with Crippen molar-refractivity contribution >= 4 is 5.78 Å². The highest BCUT2D eigenvalue weighted by atomic mass is 16.1. The molecule has 0 amide bonds. The van der Waals surface area contributed by atoms with Crippen molar-refractivity contribution in [2.75, 3.05) is 0 Å². The lowest BCUT2D eigenvalue weighted by molar-refractivity contribution is -0.119. The third kappa shape index (κ3) is 0.727. The Morgan fingerprint density at radius 2 is 2.40 bits per heavy atom. The monoisotopic (exact) mass is 138 g/mol. The van der Waals surface area contributed by atoms with E-state index in [0.717, 1.165) is 18.3 Å². The lowest BCUT2D eigenvalue weighted by Crippen LogP contribution is -1.98. The first-order valence-corrected chi connectivity index (χ1v) is 4.37. The molecule has 2 rings (SSSR count). The van der Waals surface area contributed by atoms with Gasteiger partial charge in [-0.15, -0.1) is 0 Å². The highest BCUT2D eigenvalue weighted by Gasteiger charge is 2.56. The molecule has 2 fully saturated rings. The summed E-state index contributed by atoms with van der Waals surface area (Å²) in [5, 5.41) is 0. The van der Waals surface area contributed by atoms with E-state index in [4.69, 9.17) is 0 Å². The molecule has 0 radical (unpaired) electrons. The van der Waals surface area contributed by atoms with Crippen LogP contribution in [0.15, 0.2) is 0 Å². The maximum atomic E-state index is 11.1. The number of ketones is 1. The molecule has 2 aliphatic carbocycles. The smallest absolute Gasteiger partial charge is 0.136 e. The summed E-state index contributed by atoms with van der Waals surface area (Å²) < 4.78 is 0. The first kappa shape index (κ1) is 6.38. The molecule has 0 spiro atoms. The Hall–Kier alpha value is -0.330. The third-order valence-corrected chi connectivity index (χ3v) is 3.05. The van der Waals surface area contributed by atoms with Crippen LogP contribution in [0.3, 0.4) is 0 Å². The maximum absolute atomic E-state index is 11.1. The van der Waals surface area contributed by atoms with Crippen LogP contribution in [0.4, 0.5) is 0 Å². The minimum absolute atomic E-state index is 0.528. The summed E-state index contributed by atoms with van der Waals surface area (Å²) in [5.41, 5.74) is 0. The average molecular weight is 138 g/mol. The summed E-state index contributed by atoms with van der Waals surface area (Å²) in [5.74, 6) is 2.72. The van der Waals surface area contributed by atoms with Gasteiger partial charge in [0.2, 0.25) is 0 Å². The SMILES string of the molecule is CCCC1C2CCC(=O)C12. The van der Waals surface area contributed by atoms with Crippen molar-refractivity contribution in [3.8, 4) is 0 Å². The molecule has 0 aromatic heterocycles. The highest BCUT2D eigenvalue weighted by molar-refractivity contribution is 5.87. The summed E-state index contributed by atoms with van der Waals surface area (Å²) >= 11 is 0. The zero-order chi connectivity index (χ0) is 7.14. The minimum Gasteiger partial charge on any atom is -0.299 e. The molecule has 0 bridgehead atoms. The molecule has 0 aromatic carbocycles. The average Bonchev–Trinajstić information content (AvgIpc) is 2.45. The van der Waals surface area contributed by atoms with Gasteiger partial charge in [0, 0.05) is 12.3 Å². The van der Waals surface area contributed by atoms with Crippen molar-refractivity contribution in [3.63, 3.8) is 0 Å². The molecule has 3 unspecified atom stereocenters. The van der Waals surface area contributed by atoms with Crippen molar-refractivity contribution < 1.29 is 4.79 Å². The van der Waals surface area contributed by atoms with Crippen molar-refractivity contribution in [2.24, 2.45) is 17.8 Å². The van der Waals surface area contributed by atoms with E-state index in [1.807, 2.05) is 0 Å². The van der Waals surface area contributed by atoms with Crippen molar-refractivity contribution in [3.05, 3.63) is 0 Å². The Morgan fingerprint density at radius 3 is 2.90 bits per heavy atom. The Kier molecular flexibility index (Phi) is 1.33. The van der Waals surface area contributed by atoms with Gasteiger partial charge < -0.3 is 0 Å². The molecule has 0 aromatic rings. The molecule has 0 heterocycles. The first-order chi connectivity index (χ1) is 4.84. The molecule has 0 saturated heterocycles. The number of fused-ring (bicyclic) bond motifs is 1. The Bertz CT molecular complexity index is 162. The van der Waals surface area contributed by atoms with E-state index in [9.17, 15) is 4.79 Å². The van der Waals surface area contributed by atoms with Gasteiger partial charge in [0.05, 0.1) is 0 Å². The summed E-state index contributed by atoms with van der Waals surface area (Å²) in [7, 11) is 0. The van der Waals surface area contributed by atoms with Gasteiger partial charge in [-0.1, -0.05) is 13.3 Å². The van der Waals surface area contributed by atoms with Gasteiger partial charge in [-0.3, -0.25) is 4.79 Å². The predicted octanol–water partition coefficient (Wildman–Crippen LogP) is 2.01. The van der Waals surface area contributed by atoms with E-state index in [-0.39, 0.29) is 0 Å². The van der Waals surface area contributed by atoms with Crippen LogP contribution in [0.1, 0.15) is 32.6 Å². The van der Waals surface area contributed by atoms with Gasteiger partial charge in [0.25, 0.3) is 0 Å². The van der Waals surface area contributed by atoms with Crippen LogP contribution in [0.2, 0.25) is 0 Å². The minimum atomic E-state index is 0.528. The Morgan fingerprint density at radius 1 is 1.60 bits per heavy atom. The van der Waals surface area contributed by atoms with E-state index < -0.39 is 0 Å². The first-order valence-electron chi connectivity index (χ1n) is 4.37. The van der Waals surface area contributed by atoms with E-state index in [1.165, 1.54) is 19.3 Å². The lowest BCUT2D eigenvalue weighted by atomic mass is 10.1. The lowest BCUT2D eigenvalue weighted by Gasteiger charge is -1.97. The molecule has 0 aliphatic heterocycles. The molecule has 2 aliphatic rings. The second kappa shape index (κ2) is 2.08. The number of carbonyl (C=O) groups excluding carboxylic acids is 1. The van der Waals surface area contributed by atoms with Crippen LogP contribution in [0.25, 0.3) is 0 Å². The zero-order valence-corrected chi connectivity index (χ0v) is 6.47.